The molecule has 0 bridgehead atoms. The molecule has 1 amide bonds. The Morgan fingerprint density at radius 3 is 2.87 bits per heavy atom. The fraction of sp³-hybridized carbons (Fsp3) is 0.316. The first-order valence-corrected chi connectivity index (χ1v) is 7.82. The Balaban J connectivity index is 1.59. The largest absolute Gasteiger partial charge is 0.493 e. The van der Waals surface area contributed by atoms with Gasteiger partial charge in [0.2, 0.25) is 0 Å². The summed E-state index contributed by atoms with van der Waals surface area (Å²) < 4.78 is 10.9. The topological polar surface area (TPSA) is 47.6 Å². The van der Waals surface area contributed by atoms with E-state index in [0.717, 1.165) is 18.4 Å². The molecule has 120 valence electrons. The minimum atomic E-state index is -0.116. The van der Waals surface area contributed by atoms with Crippen molar-refractivity contribution >= 4 is 5.91 Å². The minimum absolute atomic E-state index is 0.0158. The second-order valence-electron chi connectivity index (χ2n) is 5.80. The summed E-state index contributed by atoms with van der Waals surface area (Å²) in [5.74, 6) is 1.11. The number of rotatable bonds is 5. The van der Waals surface area contributed by atoms with Gasteiger partial charge in [-0.3, -0.25) is 4.79 Å². The van der Waals surface area contributed by atoms with Crippen LogP contribution in [0.4, 0.5) is 0 Å². The number of carbonyl (C=O) groups excluding carboxylic acids is 1. The average molecular weight is 311 g/mol. The summed E-state index contributed by atoms with van der Waals surface area (Å²) in [6.45, 7) is 1.97. The third-order valence-electron chi connectivity index (χ3n) is 4.15. The number of aryl methyl sites for hydroxylation is 2. The maximum Gasteiger partial charge on any atom is 0.258 e. The van der Waals surface area contributed by atoms with Crippen LogP contribution in [0, 0.1) is 6.92 Å². The first-order chi connectivity index (χ1) is 11.2. The van der Waals surface area contributed by atoms with Gasteiger partial charge in [0, 0.05) is 0 Å². The van der Waals surface area contributed by atoms with Crippen molar-refractivity contribution in [2.75, 3.05) is 13.7 Å². The molecule has 1 atom stereocenters. The van der Waals surface area contributed by atoms with E-state index in [2.05, 4.69) is 17.4 Å². The first-order valence-electron chi connectivity index (χ1n) is 7.82. The Kier molecular flexibility index (Phi) is 4.51. The van der Waals surface area contributed by atoms with E-state index in [-0.39, 0.29) is 18.6 Å². The minimum Gasteiger partial charge on any atom is -0.493 e. The second kappa shape index (κ2) is 6.73. The van der Waals surface area contributed by atoms with Crippen molar-refractivity contribution in [1.29, 1.82) is 0 Å². The third kappa shape index (κ3) is 3.47. The summed E-state index contributed by atoms with van der Waals surface area (Å²) in [6.07, 6.45) is 1.95. The van der Waals surface area contributed by atoms with Crippen LogP contribution in [-0.2, 0) is 11.2 Å². The van der Waals surface area contributed by atoms with Gasteiger partial charge in [-0.2, -0.15) is 0 Å². The number of amides is 1. The summed E-state index contributed by atoms with van der Waals surface area (Å²) in [7, 11) is 1.59. The molecule has 0 radical (unpaired) electrons. The molecule has 2 aromatic rings. The molecule has 4 nitrogen and oxygen atoms in total. The normalized spacial score (nSPS) is 15.8. The third-order valence-corrected chi connectivity index (χ3v) is 4.15. The summed E-state index contributed by atoms with van der Waals surface area (Å²) in [4.78, 5) is 12.2. The first kappa shape index (κ1) is 15.4. The van der Waals surface area contributed by atoms with Gasteiger partial charge >= 0.3 is 0 Å². The Morgan fingerprint density at radius 2 is 2.04 bits per heavy atom. The van der Waals surface area contributed by atoms with Crippen molar-refractivity contribution in [1.82, 2.24) is 5.32 Å². The van der Waals surface area contributed by atoms with Crippen molar-refractivity contribution in [2.24, 2.45) is 0 Å². The van der Waals surface area contributed by atoms with Crippen LogP contribution in [0.5, 0.6) is 11.5 Å². The van der Waals surface area contributed by atoms with Gasteiger partial charge in [-0.05, 0) is 48.6 Å². The SMILES string of the molecule is COc1cc(C)ccc1OCC(=O)NC1CCc2ccccc21. The van der Waals surface area contributed by atoms with E-state index < -0.39 is 0 Å². The molecule has 1 aliphatic carbocycles. The van der Waals surface area contributed by atoms with E-state index in [1.165, 1.54) is 11.1 Å². The molecule has 2 aromatic carbocycles. The zero-order valence-electron chi connectivity index (χ0n) is 13.5. The number of hydrogen-bond acceptors (Lipinski definition) is 3. The van der Waals surface area contributed by atoms with Crippen LogP contribution in [0.15, 0.2) is 42.5 Å². The van der Waals surface area contributed by atoms with Gasteiger partial charge in [0.25, 0.3) is 5.91 Å². The molecule has 0 aliphatic heterocycles. The maximum atomic E-state index is 12.2. The van der Waals surface area contributed by atoms with E-state index in [1.54, 1.807) is 7.11 Å². The highest BCUT2D eigenvalue weighted by Crippen LogP contribution is 2.31. The van der Waals surface area contributed by atoms with E-state index >= 15 is 0 Å². The lowest BCUT2D eigenvalue weighted by atomic mass is 10.1. The number of benzene rings is 2. The lowest BCUT2D eigenvalue weighted by molar-refractivity contribution is -0.123. The Bertz CT molecular complexity index is 712. The molecule has 0 aromatic heterocycles. The molecule has 0 fully saturated rings. The van der Waals surface area contributed by atoms with Crippen LogP contribution in [0.1, 0.15) is 29.2 Å². The van der Waals surface area contributed by atoms with Gasteiger partial charge in [-0.25, -0.2) is 0 Å². The Morgan fingerprint density at radius 1 is 1.22 bits per heavy atom. The van der Waals surface area contributed by atoms with Gasteiger partial charge in [0.05, 0.1) is 13.2 Å². The van der Waals surface area contributed by atoms with E-state index in [4.69, 9.17) is 9.47 Å². The van der Waals surface area contributed by atoms with Gasteiger partial charge in [0.15, 0.2) is 18.1 Å². The Hall–Kier alpha value is -2.49. The van der Waals surface area contributed by atoms with Crippen molar-refractivity contribution < 1.29 is 14.3 Å². The average Bonchev–Trinajstić information content (AvgIpc) is 2.97. The predicted octanol–water partition coefficient (Wildman–Crippen LogP) is 3.19. The van der Waals surface area contributed by atoms with Gasteiger partial charge in [-0.15, -0.1) is 0 Å². The number of nitrogens with one attached hydrogen (secondary N) is 1. The lowest BCUT2D eigenvalue weighted by Gasteiger charge is -2.15. The Labute approximate surface area is 136 Å². The highest BCUT2D eigenvalue weighted by Gasteiger charge is 2.23. The zero-order valence-corrected chi connectivity index (χ0v) is 13.5. The van der Waals surface area contributed by atoms with Crippen molar-refractivity contribution in [3.05, 3.63) is 59.2 Å². The van der Waals surface area contributed by atoms with Gasteiger partial charge in [0.1, 0.15) is 0 Å². The fourth-order valence-electron chi connectivity index (χ4n) is 2.98. The molecule has 4 heteroatoms. The van der Waals surface area contributed by atoms with E-state index in [0.29, 0.717) is 11.5 Å². The maximum absolute atomic E-state index is 12.2. The smallest absolute Gasteiger partial charge is 0.258 e. The molecule has 1 aliphatic rings. The molecule has 23 heavy (non-hydrogen) atoms. The standard InChI is InChI=1S/C19H21NO3/c1-13-7-10-17(18(11-13)22-2)23-12-19(21)20-16-9-8-14-5-3-4-6-15(14)16/h3-7,10-11,16H,8-9,12H2,1-2H3,(H,20,21). The van der Waals surface area contributed by atoms with Crippen LogP contribution in [0.25, 0.3) is 0 Å². The van der Waals surface area contributed by atoms with Gasteiger partial charge < -0.3 is 14.8 Å². The predicted molar refractivity (Wildman–Crippen MR) is 88.9 cm³/mol. The molecule has 1 unspecified atom stereocenters. The molecular formula is C19H21NO3. The van der Waals surface area contributed by atoms with Crippen molar-refractivity contribution in [2.45, 2.75) is 25.8 Å². The van der Waals surface area contributed by atoms with Crippen LogP contribution in [0.3, 0.4) is 0 Å². The van der Waals surface area contributed by atoms with Crippen LogP contribution in [-0.4, -0.2) is 19.6 Å². The van der Waals surface area contributed by atoms with E-state index in [1.807, 2.05) is 37.3 Å². The summed E-state index contributed by atoms with van der Waals surface area (Å²) in [5, 5.41) is 3.05. The zero-order chi connectivity index (χ0) is 16.2. The summed E-state index contributed by atoms with van der Waals surface area (Å²) in [6, 6.07) is 14.0. The lowest BCUT2D eigenvalue weighted by Crippen LogP contribution is -2.31. The molecule has 0 heterocycles. The quantitative estimate of drug-likeness (QED) is 0.922. The number of carbonyl (C=O) groups is 1. The number of methoxy groups -OCH3 is 1. The molecule has 0 saturated carbocycles. The van der Waals surface area contributed by atoms with E-state index in [9.17, 15) is 4.79 Å². The van der Waals surface area contributed by atoms with Gasteiger partial charge in [-0.1, -0.05) is 30.3 Å². The number of fused-ring (bicyclic) bond motifs is 1. The summed E-state index contributed by atoms with van der Waals surface area (Å²) in [5.41, 5.74) is 3.62. The monoisotopic (exact) mass is 311 g/mol. The van der Waals surface area contributed by atoms with Crippen molar-refractivity contribution in [3.63, 3.8) is 0 Å². The highest BCUT2D eigenvalue weighted by atomic mass is 16.5. The molecular weight excluding hydrogens is 290 g/mol. The van der Waals surface area contributed by atoms with Crippen LogP contribution < -0.4 is 14.8 Å². The van der Waals surface area contributed by atoms with Crippen molar-refractivity contribution in [3.8, 4) is 11.5 Å². The number of ether oxygens (including phenoxy) is 2. The summed E-state index contributed by atoms with van der Waals surface area (Å²) >= 11 is 0. The van der Waals surface area contributed by atoms with Crippen LogP contribution >= 0.6 is 0 Å². The fourth-order valence-corrected chi connectivity index (χ4v) is 2.98. The second-order valence-corrected chi connectivity index (χ2v) is 5.80. The molecule has 3 rings (SSSR count). The molecule has 1 N–H and O–H groups in total. The molecule has 0 saturated heterocycles. The number of hydrogen-bond donors (Lipinski definition) is 1. The highest BCUT2D eigenvalue weighted by molar-refractivity contribution is 5.78. The van der Waals surface area contributed by atoms with Crippen LogP contribution in [0.2, 0.25) is 0 Å². The molecule has 0 spiro atoms.